The lowest BCUT2D eigenvalue weighted by atomic mass is 9.97. The van der Waals surface area contributed by atoms with Gasteiger partial charge < -0.3 is 19.7 Å². The minimum Gasteiger partial charge on any atom is -0.439 e. The first kappa shape index (κ1) is 32.6. The number of pyridine rings is 1. The average Bonchev–Trinajstić information content (AvgIpc) is 3.43. The molecule has 234 valence electrons. The van der Waals surface area contributed by atoms with Crippen LogP contribution in [-0.4, -0.2) is 72.3 Å². The van der Waals surface area contributed by atoms with E-state index in [4.69, 9.17) is 14.6 Å². The Labute approximate surface area is 254 Å². The molecule has 12 heteroatoms. The summed E-state index contributed by atoms with van der Waals surface area (Å²) in [6.45, 7) is 6.31. The van der Waals surface area contributed by atoms with Gasteiger partial charge in [0.1, 0.15) is 12.0 Å². The van der Waals surface area contributed by atoms with Gasteiger partial charge >= 0.3 is 6.18 Å². The predicted octanol–water partition coefficient (Wildman–Crippen LogP) is 5.77. The van der Waals surface area contributed by atoms with E-state index in [1.165, 1.54) is 37.1 Å². The number of ether oxygens (including phenoxy) is 2. The van der Waals surface area contributed by atoms with Crippen molar-refractivity contribution in [1.29, 1.82) is 0 Å². The molecule has 3 heterocycles. The molecule has 0 atom stereocenters. The number of benzene rings is 2. The molecule has 1 N–H and O–H groups in total. The van der Waals surface area contributed by atoms with Gasteiger partial charge in [-0.25, -0.2) is 4.98 Å². The molecule has 0 unspecified atom stereocenters. The average molecular weight is 612 g/mol. The molecule has 1 amide bonds. The fraction of sp³-hybridized carbons (Fsp3) is 0.375. The van der Waals surface area contributed by atoms with Gasteiger partial charge in [-0.3, -0.25) is 14.3 Å². The van der Waals surface area contributed by atoms with Crippen molar-refractivity contribution in [3.63, 3.8) is 0 Å². The summed E-state index contributed by atoms with van der Waals surface area (Å²) in [5, 5.41) is 8.66. The predicted molar refractivity (Wildman–Crippen MR) is 160 cm³/mol. The minimum absolute atomic E-state index is 0.0480. The Hall–Kier alpha value is -4.29. The summed E-state index contributed by atoms with van der Waals surface area (Å²) in [7, 11) is 3.81. The van der Waals surface area contributed by atoms with Crippen LogP contribution >= 0.6 is 0 Å². The van der Waals surface area contributed by atoms with Crippen LogP contribution in [0.25, 0.3) is 10.9 Å². The molecule has 1 aliphatic rings. The highest BCUT2D eigenvalue weighted by atomic mass is 19.4. The molecule has 2 aromatic carbocycles. The lowest BCUT2D eigenvalue weighted by molar-refractivity contribution is -0.137. The number of carbonyl (C=O) groups is 2. The Bertz CT molecular complexity index is 1530. The molecule has 4 aromatic rings. The third-order valence-electron chi connectivity index (χ3n) is 7.43. The van der Waals surface area contributed by atoms with Gasteiger partial charge in [0.25, 0.3) is 5.91 Å². The van der Waals surface area contributed by atoms with Gasteiger partial charge in [0, 0.05) is 55.2 Å². The fourth-order valence-corrected chi connectivity index (χ4v) is 4.83. The second-order valence-electron chi connectivity index (χ2n) is 10.7. The lowest BCUT2D eigenvalue weighted by Gasteiger charge is -2.28. The van der Waals surface area contributed by atoms with Crippen LogP contribution in [0.2, 0.25) is 0 Å². The second kappa shape index (κ2) is 14.9. The summed E-state index contributed by atoms with van der Waals surface area (Å²) in [5.74, 6) is 1.06. The monoisotopic (exact) mass is 611 g/mol. The lowest BCUT2D eigenvalue weighted by Crippen LogP contribution is -2.31. The number of aryl methyl sites for hydroxylation is 1. The summed E-state index contributed by atoms with van der Waals surface area (Å²) >= 11 is 0. The van der Waals surface area contributed by atoms with Crippen molar-refractivity contribution in [2.24, 2.45) is 5.92 Å². The maximum Gasteiger partial charge on any atom is 0.417 e. The van der Waals surface area contributed by atoms with Crippen molar-refractivity contribution in [3.8, 4) is 11.6 Å². The van der Waals surface area contributed by atoms with Crippen LogP contribution in [-0.2, 0) is 17.5 Å². The topological polar surface area (TPSA) is 98.6 Å². The van der Waals surface area contributed by atoms with Crippen LogP contribution in [0, 0.1) is 12.8 Å². The van der Waals surface area contributed by atoms with E-state index in [0.29, 0.717) is 48.4 Å². The van der Waals surface area contributed by atoms with Gasteiger partial charge in [0.2, 0.25) is 5.88 Å². The van der Waals surface area contributed by atoms with Gasteiger partial charge in [0.05, 0.1) is 17.7 Å². The number of likely N-dealkylation sites (tertiary alicyclic amines) is 1. The molecule has 2 aromatic heterocycles. The highest BCUT2D eigenvalue weighted by molar-refractivity contribution is 6.00. The Morgan fingerprint density at radius 1 is 1.09 bits per heavy atom. The van der Waals surface area contributed by atoms with Gasteiger partial charge in [-0.2, -0.15) is 18.3 Å². The quantitative estimate of drug-likeness (QED) is 0.190. The van der Waals surface area contributed by atoms with Gasteiger partial charge in [-0.15, -0.1) is 0 Å². The standard InChI is InChI=1S/C19H28N4O2.C13H8F3NO2/c1-14-16(19(24)20-8-11-25-3)4-5-18-17(14)13-23(21-18)12-15-6-9-22(2)10-7-15;14-13(15,16)10-3-6-12(17-7-10)19-11-4-1-9(8-18)2-5-11/h4-5,13,15H,6-12H2,1-3H3,(H,20,24);1-8H. The summed E-state index contributed by atoms with van der Waals surface area (Å²) in [6, 6.07) is 12.0. The highest BCUT2D eigenvalue weighted by Gasteiger charge is 2.30. The molecule has 0 saturated carbocycles. The molecule has 44 heavy (non-hydrogen) atoms. The number of carbonyl (C=O) groups excluding carboxylic acids is 2. The molecule has 0 bridgehead atoms. The zero-order chi connectivity index (χ0) is 31.7. The number of aldehydes is 1. The molecule has 0 spiro atoms. The Kier molecular flexibility index (Phi) is 11.1. The maximum atomic E-state index is 12.3. The molecule has 1 fully saturated rings. The number of nitrogens with zero attached hydrogens (tertiary/aromatic N) is 4. The number of piperidine rings is 1. The van der Waals surface area contributed by atoms with E-state index in [2.05, 4.69) is 33.1 Å². The van der Waals surface area contributed by atoms with Crippen LogP contribution in [0.5, 0.6) is 11.6 Å². The van der Waals surface area contributed by atoms with Gasteiger partial charge in [-0.1, -0.05) is 0 Å². The van der Waals surface area contributed by atoms with Crippen LogP contribution in [0.4, 0.5) is 13.2 Å². The molecule has 0 aliphatic carbocycles. The molecule has 1 saturated heterocycles. The van der Waals surface area contributed by atoms with Crippen molar-refractivity contribution in [2.75, 3.05) is 40.4 Å². The molecule has 0 radical (unpaired) electrons. The Morgan fingerprint density at radius 2 is 1.82 bits per heavy atom. The third kappa shape index (κ3) is 8.87. The van der Waals surface area contributed by atoms with Crippen molar-refractivity contribution in [3.05, 3.63) is 83.2 Å². The van der Waals surface area contributed by atoms with Crippen LogP contribution in [0.1, 0.15) is 44.7 Å². The smallest absolute Gasteiger partial charge is 0.417 e. The van der Waals surface area contributed by atoms with Crippen molar-refractivity contribution >= 4 is 23.1 Å². The zero-order valence-electron chi connectivity index (χ0n) is 24.9. The van der Waals surface area contributed by atoms with Crippen LogP contribution in [0.15, 0.2) is 60.9 Å². The first-order chi connectivity index (χ1) is 21.1. The number of alkyl halides is 3. The number of methoxy groups -OCH3 is 1. The Morgan fingerprint density at radius 3 is 2.43 bits per heavy atom. The second-order valence-corrected chi connectivity index (χ2v) is 10.7. The third-order valence-corrected chi connectivity index (χ3v) is 7.43. The molecule has 9 nitrogen and oxygen atoms in total. The van der Waals surface area contributed by atoms with E-state index in [1.54, 1.807) is 7.11 Å². The SMILES string of the molecule is COCCNC(=O)c1ccc2nn(CC3CCN(C)CC3)cc2c1C.O=Cc1ccc(Oc2ccc(C(F)(F)F)cn2)cc1. The van der Waals surface area contributed by atoms with Gasteiger partial charge in [0.15, 0.2) is 0 Å². The molecular formula is C32H36F3N5O4. The summed E-state index contributed by atoms with van der Waals surface area (Å²) in [4.78, 5) is 28.7. The zero-order valence-corrected chi connectivity index (χ0v) is 24.9. The first-order valence-electron chi connectivity index (χ1n) is 14.3. The number of rotatable bonds is 9. The number of amides is 1. The Balaban J connectivity index is 0.000000209. The van der Waals surface area contributed by atoms with E-state index < -0.39 is 11.7 Å². The number of hydrogen-bond acceptors (Lipinski definition) is 7. The molecular weight excluding hydrogens is 575 g/mol. The minimum atomic E-state index is -4.42. The number of fused-ring (bicyclic) bond motifs is 1. The van der Waals surface area contributed by atoms with E-state index in [0.717, 1.165) is 48.2 Å². The summed E-state index contributed by atoms with van der Waals surface area (Å²) in [5.41, 5.74) is 2.30. The number of hydrogen-bond donors (Lipinski definition) is 1. The summed E-state index contributed by atoms with van der Waals surface area (Å²) in [6.07, 6.45) is 1.50. The number of halogens is 3. The molecule has 1 aliphatic heterocycles. The summed E-state index contributed by atoms with van der Waals surface area (Å²) < 4.78 is 49.2. The van der Waals surface area contributed by atoms with Crippen molar-refractivity contribution in [2.45, 2.75) is 32.5 Å². The largest absolute Gasteiger partial charge is 0.439 e. The fourth-order valence-electron chi connectivity index (χ4n) is 4.83. The van der Waals surface area contributed by atoms with Crippen molar-refractivity contribution in [1.82, 2.24) is 25.0 Å². The van der Waals surface area contributed by atoms with Crippen LogP contribution in [0.3, 0.4) is 0 Å². The van der Waals surface area contributed by atoms with E-state index in [9.17, 15) is 22.8 Å². The van der Waals surface area contributed by atoms with E-state index in [1.807, 2.05) is 19.1 Å². The maximum absolute atomic E-state index is 12.3. The highest BCUT2D eigenvalue weighted by Crippen LogP contribution is 2.30. The molecule has 5 rings (SSSR count). The normalized spacial score (nSPS) is 14.1. The van der Waals surface area contributed by atoms with E-state index in [-0.39, 0.29) is 11.8 Å². The van der Waals surface area contributed by atoms with Crippen molar-refractivity contribution < 1.29 is 32.2 Å². The number of nitrogens with one attached hydrogen (secondary N) is 1. The number of aromatic nitrogens is 3. The first-order valence-corrected chi connectivity index (χ1v) is 14.3. The van der Waals surface area contributed by atoms with Gasteiger partial charge in [-0.05, 0) is 93.8 Å². The van der Waals surface area contributed by atoms with E-state index >= 15 is 0 Å². The van der Waals surface area contributed by atoms with Crippen LogP contribution < -0.4 is 10.1 Å².